The Hall–Kier alpha value is -3.29. The van der Waals surface area contributed by atoms with Crippen LogP contribution in [0.25, 0.3) is 10.9 Å². The molecule has 1 fully saturated rings. The summed E-state index contributed by atoms with van der Waals surface area (Å²) >= 11 is 0. The summed E-state index contributed by atoms with van der Waals surface area (Å²) < 4.78 is 5.60. The second kappa shape index (κ2) is 8.83. The van der Waals surface area contributed by atoms with Gasteiger partial charge < -0.3 is 15.0 Å². The monoisotopic (exact) mass is 420 g/mol. The van der Waals surface area contributed by atoms with Gasteiger partial charge in [-0.05, 0) is 64.8 Å². The Balaban J connectivity index is 1.52. The number of aryl methyl sites for hydroxylation is 3. The Morgan fingerprint density at radius 2 is 1.90 bits per heavy atom. The third kappa shape index (κ3) is 4.57. The number of anilines is 1. The standard InChI is InChI=1S/C23H28N6O2/c1-5-31-17-8-9-19-18(12-17)16(4)27-23(28-19)29-10-6-7-20(29)22(30)24-13-21-25-14(2)11-15(3)26-21/h8-9,11-12,20H,5-7,10,13H2,1-4H3,(H,24,30)/t20-/m0/s1. The van der Waals surface area contributed by atoms with Crippen molar-refractivity contribution in [3.8, 4) is 5.75 Å². The Morgan fingerprint density at radius 1 is 1.13 bits per heavy atom. The molecule has 0 radical (unpaired) electrons. The minimum atomic E-state index is -0.301. The molecule has 31 heavy (non-hydrogen) atoms. The highest BCUT2D eigenvalue weighted by atomic mass is 16.5. The lowest BCUT2D eigenvalue weighted by atomic mass is 10.2. The zero-order valence-electron chi connectivity index (χ0n) is 18.5. The molecular formula is C23H28N6O2. The fraction of sp³-hybridized carbons (Fsp3) is 0.435. The zero-order chi connectivity index (χ0) is 22.0. The molecule has 8 nitrogen and oxygen atoms in total. The molecule has 1 atom stereocenters. The van der Waals surface area contributed by atoms with Gasteiger partial charge in [-0.3, -0.25) is 4.79 Å². The first-order valence-corrected chi connectivity index (χ1v) is 10.7. The number of amides is 1. The Bertz CT molecular complexity index is 1100. The second-order valence-electron chi connectivity index (χ2n) is 7.86. The smallest absolute Gasteiger partial charge is 0.243 e. The minimum Gasteiger partial charge on any atom is -0.494 e. The van der Waals surface area contributed by atoms with Crippen molar-refractivity contribution in [2.45, 2.75) is 53.1 Å². The van der Waals surface area contributed by atoms with Crippen molar-refractivity contribution < 1.29 is 9.53 Å². The first-order chi connectivity index (χ1) is 14.9. The van der Waals surface area contributed by atoms with Gasteiger partial charge >= 0.3 is 0 Å². The molecule has 1 aliphatic heterocycles. The zero-order valence-corrected chi connectivity index (χ0v) is 18.5. The van der Waals surface area contributed by atoms with Crippen LogP contribution in [0.4, 0.5) is 5.95 Å². The number of nitrogens with zero attached hydrogens (tertiary/aromatic N) is 5. The molecule has 1 aliphatic rings. The summed E-state index contributed by atoms with van der Waals surface area (Å²) in [6.45, 7) is 9.45. The number of benzene rings is 1. The van der Waals surface area contributed by atoms with Crippen LogP contribution in [0.5, 0.6) is 5.75 Å². The molecule has 1 aromatic carbocycles. The van der Waals surface area contributed by atoms with Crippen LogP contribution in [-0.2, 0) is 11.3 Å². The Labute approximate surface area is 182 Å². The fourth-order valence-electron chi connectivity index (χ4n) is 4.07. The van der Waals surface area contributed by atoms with E-state index in [9.17, 15) is 4.79 Å². The van der Waals surface area contributed by atoms with Crippen LogP contribution in [-0.4, -0.2) is 45.0 Å². The number of rotatable bonds is 6. The normalized spacial score (nSPS) is 16.0. The highest BCUT2D eigenvalue weighted by Gasteiger charge is 2.32. The summed E-state index contributed by atoms with van der Waals surface area (Å²) in [6, 6.07) is 7.45. The molecule has 1 amide bonds. The molecule has 2 aromatic heterocycles. The third-order valence-corrected chi connectivity index (χ3v) is 5.42. The van der Waals surface area contributed by atoms with E-state index in [2.05, 4.69) is 15.3 Å². The van der Waals surface area contributed by atoms with Gasteiger partial charge in [-0.2, -0.15) is 0 Å². The molecule has 4 rings (SSSR count). The summed E-state index contributed by atoms with van der Waals surface area (Å²) in [5.41, 5.74) is 3.51. The van der Waals surface area contributed by atoms with Gasteiger partial charge in [0.05, 0.1) is 24.4 Å². The van der Waals surface area contributed by atoms with Crippen LogP contribution in [0.3, 0.4) is 0 Å². The van der Waals surface area contributed by atoms with Crippen molar-refractivity contribution in [1.29, 1.82) is 0 Å². The van der Waals surface area contributed by atoms with Crippen molar-refractivity contribution in [3.05, 3.63) is 47.2 Å². The van der Waals surface area contributed by atoms with Gasteiger partial charge in [-0.1, -0.05) is 0 Å². The van der Waals surface area contributed by atoms with Crippen molar-refractivity contribution in [3.63, 3.8) is 0 Å². The van der Waals surface area contributed by atoms with Crippen LogP contribution in [0.1, 0.15) is 42.7 Å². The van der Waals surface area contributed by atoms with E-state index in [1.54, 1.807) is 0 Å². The van der Waals surface area contributed by atoms with Crippen LogP contribution in [0, 0.1) is 20.8 Å². The van der Waals surface area contributed by atoms with E-state index in [0.29, 0.717) is 24.9 Å². The van der Waals surface area contributed by atoms with E-state index in [1.807, 2.05) is 56.9 Å². The number of aromatic nitrogens is 4. The SMILES string of the molecule is CCOc1ccc2nc(N3CCC[C@H]3C(=O)NCc3nc(C)cc(C)n3)nc(C)c2c1. The predicted molar refractivity (Wildman–Crippen MR) is 119 cm³/mol. The van der Waals surface area contributed by atoms with E-state index in [4.69, 9.17) is 14.7 Å². The largest absolute Gasteiger partial charge is 0.494 e. The number of ether oxygens (including phenoxy) is 1. The number of carbonyl (C=O) groups excluding carboxylic acids is 1. The van der Waals surface area contributed by atoms with Crippen molar-refractivity contribution in [2.75, 3.05) is 18.1 Å². The molecule has 0 bridgehead atoms. The van der Waals surface area contributed by atoms with Gasteiger partial charge in [0, 0.05) is 23.3 Å². The van der Waals surface area contributed by atoms with Gasteiger partial charge in [0.1, 0.15) is 17.6 Å². The number of fused-ring (bicyclic) bond motifs is 1. The van der Waals surface area contributed by atoms with Crippen molar-refractivity contribution >= 4 is 22.8 Å². The maximum Gasteiger partial charge on any atom is 0.243 e. The maximum atomic E-state index is 13.0. The van der Waals surface area contributed by atoms with Gasteiger partial charge in [0.25, 0.3) is 0 Å². The number of nitrogens with one attached hydrogen (secondary N) is 1. The summed E-state index contributed by atoms with van der Waals surface area (Å²) in [5.74, 6) is 1.97. The molecule has 1 saturated heterocycles. The van der Waals surface area contributed by atoms with E-state index in [0.717, 1.165) is 53.1 Å². The first-order valence-electron chi connectivity index (χ1n) is 10.7. The van der Waals surface area contributed by atoms with E-state index >= 15 is 0 Å². The van der Waals surface area contributed by atoms with Crippen LogP contribution >= 0.6 is 0 Å². The minimum absolute atomic E-state index is 0.0479. The predicted octanol–water partition coefficient (Wildman–Crippen LogP) is 3.03. The number of hydrogen-bond donors (Lipinski definition) is 1. The van der Waals surface area contributed by atoms with E-state index in [-0.39, 0.29) is 11.9 Å². The summed E-state index contributed by atoms with van der Waals surface area (Å²) in [6.07, 6.45) is 1.69. The Kier molecular flexibility index (Phi) is 5.97. The lowest BCUT2D eigenvalue weighted by molar-refractivity contribution is -0.122. The summed E-state index contributed by atoms with van der Waals surface area (Å²) in [7, 11) is 0. The quantitative estimate of drug-likeness (QED) is 0.655. The molecule has 3 heterocycles. The maximum absolute atomic E-state index is 13.0. The summed E-state index contributed by atoms with van der Waals surface area (Å²) in [5, 5.41) is 3.95. The fourth-order valence-corrected chi connectivity index (χ4v) is 4.07. The number of hydrogen-bond acceptors (Lipinski definition) is 7. The lowest BCUT2D eigenvalue weighted by Crippen LogP contribution is -2.44. The Morgan fingerprint density at radius 3 is 2.65 bits per heavy atom. The van der Waals surface area contributed by atoms with Gasteiger partial charge in [0.15, 0.2) is 0 Å². The second-order valence-corrected chi connectivity index (χ2v) is 7.86. The average Bonchev–Trinajstić information content (AvgIpc) is 3.22. The molecule has 0 saturated carbocycles. The topological polar surface area (TPSA) is 93.1 Å². The molecular weight excluding hydrogens is 392 g/mol. The average molecular weight is 421 g/mol. The molecule has 162 valence electrons. The van der Waals surface area contributed by atoms with Gasteiger partial charge in [-0.15, -0.1) is 0 Å². The van der Waals surface area contributed by atoms with Crippen molar-refractivity contribution in [1.82, 2.24) is 25.3 Å². The molecule has 3 aromatic rings. The number of carbonyl (C=O) groups is 1. The highest BCUT2D eigenvalue weighted by molar-refractivity contribution is 5.87. The lowest BCUT2D eigenvalue weighted by Gasteiger charge is -2.24. The van der Waals surface area contributed by atoms with E-state index < -0.39 is 0 Å². The third-order valence-electron chi connectivity index (χ3n) is 5.42. The van der Waals surface area contributed by atoms with Gasteiger partial charge in [0.2, 0.25) is 11.9 Å². The van der Waals surface area contributed by atoms with Gasteiger partial charge in [-0.25, -0.2) is 19.9 Å². The van der Waals surface area contributed by atoms with Crippen LogP contribution < -0.4 is 15.0 Å². The van der Waals surface area contributed by atoms with Crippen LogP contribution in [0.15, 0.2) is 24.3 Å². The molecule has 0 spiro atoms. The molecule has 0 unspecified atom stereocenters. The highest BCUT2D eigenvalue weighted by Crippen LogP contribution is 2.27. The van der Waals surface area contributed by atoms with Crippen molar-refractivity contribution in [2.24, 2.45) is 0 Å². The molecule has 0 aliphatic carbocycles. The molecule has 1 N–H and O–H groups in total. The molecule has 8 heteroatoms. The first kappa shape index (κ1) is 21.0. The van der Waals surface area contributed by atoms with E-state index in [1.165, 1.54) is 0 Å². The summed E-state index contributed by atoms with van der Waals surface area (Å²) in [4.78, 5) is 33.2. The van der Waals surface area contributed by atoms with Crippen LogP contribution in [0.2, 0.25) is 0 Å².